The van der Waals surface area contributed by atoms with Gasteiger partial charge in [0, 0.05) is 29.7 Å². The van der Waals surface area contributed by atoms with Gasteiger partial charge in [-0.05, 0) is 31.0 Å². The van der Waals surface area contributed by atoms with Crippen LogP contribution in [0.4, 0.5) is 4.79 Å². The lowest BCUT2D eigenvalue weighted by Crippen LogP contribution is -2.47. The van der Waals surface area contributed by atoms with Gasteiger partial charge in [0.05, 0.1) is 36.3 Å². The molecule has 0 spiro atoms. The van der Waals surface area contributed by atoms with E-state index < -0.39 is 6.04 Å². The summed E-state index contributed by atoms with van der Waals surface area (Å²) in [6.45, 7) is 5.02. The largest absolute Gasteiger partial charge is 0.340 e. The summed E-state index contributed by atoms with van der Waals surface area (Å²) in [5.41, 5.74) is 1.54. The molecule has 2 heterocycles. The van der Waals surface area contributed by atoms with E-state index in [4.69, 9.17) is 28.5 Å². The maximum absolute atomic E-state index is 13.4. The predicted molar refractivity (Wildman–Crippen MR) is 121 cm³/mol. The number of likely N-dealkylation sites (N-methyl/N-ethyl adjacent to an activating group) is 1. The van der Waals surface area contributed by atoms with Crippen molar-refractivity contribution in [2.75, 3.05) is 32.7 Å². The zero-order chi connectivity index (χ0) is 23.4. The molecule has 0 aromatic heterocycles. The first-order valence-electron chi connectivity index (χ1n) is 10.5. The molecule has 10 heteroatoms. The van der Waals surface area contributed by atoms with E-state index in [1.165, 1.54) is 9.80 Å². The van der Waals surface area contributed by atoms with E-state index in [-0.39, 0.29) is 37.4 Å². The molecule has 1 aromatic rings. The van der Waals surface area contributed by atoms with Crippen LogP contribution in [0, 0.1) is 11.3 Å². The molecule has 32 heavy (non-hydrogen) atoms. The van der Waals surface area contributed by atoms with Gasteiger partial charge >= 0.3 is 6.03 Å². The summed E-state index contributed by atoms with van der Waals surface area (Å²) >= 11 is 12.4. The number of nitrogens with zero attached hydrogens (tertiary/aromatic N) is 4. The lowest BCUT2D eigenvalue weighted by Gasteiger charge is -2.33. The number of hydrogen-bond acceptors (Lipinski definition) is 4. The Hall–Kier alpha value is -2.76. The molecule has 0 bridgehead atoms. The van der Waals surface area contributed by atoms with Crippen LogP contribution in [0.25, 0.3) is 0 Å². The second kappa shape index (κ2) is 10.2. The topological polar surface area (TPSA) is 96.7 Å². The molecule has 1 aromatic carbocycles. The molecular weight excluding hydrogens is 453 g/mol. The molecule has 1 unspecified atom stereocenters. The van der Waals surface area contributed by atoms with Crippen LogP contribution in [0.2, 0.25) is 10.0 Å². The van der Waals surface area contributed by atoms with E-state index in [2.05, 4.69) is 5.32 Å². The third kappa shape index (κ3) is 4.69. The Morgan fingerprint density at radius 1 is 1.28 bits per heavy atom. The number of rotatable bonds is 8. The van der Waals surface area contributed by atoms with E-state index in [1.807, 2.05) is 19.9 Å². The Bertz CT molecular complexity index is 1000. The van der Waals surface area contributed by atoms with Crippen molar-refractivity contribution in [1.82, 2.24) is 20.0 Å². The van der Waals surface area contributed by atoms with Crippen LogP contribution in [-0.2, 0) is 9.59 Å². The monoisotopic (exact) mass is 477 g/mol. The summed E-state index contributed by atoms with van der Waals surface area (Å²) in [6, 6.07) is 5.89. The van der Waals surface area contributed by atoms with Crippen molar-refractivity contribution in [3.63, 3.8) is 0 Å². The molecule has 2 aliphatic rings. The molecular formula is C22H25Cl2N5O3. The van der Waals surface area contributed by atoms with E-state index in [0.717, 1.165) is 6.42 Å². The highest BCUT2D eigenvalue weighted by Crippen LogP contribution is 2.39. The van der Waals surface area contributed by atoms with E-state index in [0.29, 0.717) is 46.5 Å². The number of amides is 4. The Balaban J connectivity index is 1.89. The maximum Gasteiger partial charge on any atom is 0.322 e. The van der Waals surface area contributed by atoms with Crippen molar-refractivity contribution in [3.05, 3.63) is 45.1 Å². The zero-order valence-electron chi connectivity index (χ0n) is 18.0. The van der Waals surface area contributed by atoms with Gasteiger partial charge in [-0.1, -0.05) is 36.2 Å². The van der Waals surface area contributed by atoms with Crippen LogP contribution < -0.4 is 5.32 Å². The molecule has 8 nitrogen and oxygen atoms in total. The van der Waals surface area contributed by atoms with Gasteiger partial charge in [0.25, 0.3) is 5.91 Å². The minimum absolute atomic E-state index is 0.121. The number of hydrogen-bond donors (Lipinski definition) is 1. The van der Waals surface area contributed by atoms with Crippen LogP contribution in [0.15, 0.2) is 29.5 Å². The summed E-state index contributed by atoms with van der Waals surface area (Å²) in [6.07, 6.45) is 0.979. The molecule has 1 N–H and O–H groups in total. The standard InChI is InChI=1S/C22H25Cl2N5O3/c1-3-9-27(10-5-8-25)18(30)13-28-12-17-19(21(28)31)20(26-22(32)29(17)4-2)15-7-6-14(23)11-16(15)24/h6-7,11,20H,3-5,9-10,12-13H2,1-2H3,(H,26,32). The smallest absolute Gasteiger partial charge is 0.322 e. The van der Waals surface area contributed by atoms with Gasteiger partial charge in [-0.25, -0.2) is 4.79 Å². The van der Waals surface area contributed by atoms with Gasteiger partial charge in [0.15, 0.2) is 0 Å². The number of benzene rings is 1. The Kier molecular flexibility index (Phi) is 7.64. The third-order valence-electron chi connectivity index (χ3n) is 5.55. The summed E-state index contributed by atoms with van der Waals surface area (Å²) in [4.78, 5) is 43.6. The van der Waals surface area contributed by atoms with Gasteiger partial charge < -0.3 is 15.1 Å². The fourth-order valence-electron chi connectivity index (χ4n) is 4.06. The van der Waals surface area contributed by atoms with Crippen molar-refractivity contribution < 1.29 is 14.4 Å². The second-order valence-electron chi connectivity index (χ2n) is 7.60. The Morgan fingerprint density at radius 2 is 2.03 bits per heavy atom. The normalized spacial score (nSPS) is 17.9. The first-order chi connectivity index (χ1) is 15.3. The van der Waals surface area contributed by atoms with Gasteiger partial charge in [0.2, 0.25) is 5.91 Å². The number of urea groups is 1. The molecule has 0 aliphatic carbocycles. The quantitative estimate of drug-likeness (QED) is 0.620. The fraction of sp³-hybridized carbons (Fsp3) is 0.455. The molecule has 0 fully saturated rings. The minimum atomic E-state index is -0.733. The number of nitrogens with one attached hydrogen (secondary N) is 1. The Labute approximate surface area is 197 Å². The average molecular weight is 478 g/mol. The number of halogens is 2. The lowest BCUT2D eigenvalue weighted by atomic mass is 9.95. The SMILES string of the molecule is CCCN(CCC#N)C(=O)CN1CC2=C(C1=O)C(c1ccc(Cl)cc1Cl)NC(=O)N2CC. The molecule has 1 atom stereocenters. The minimum Gasteiger partial charge on any atom is -0.340 e. The summed E-state index contributed by atoms with van der Waals surface area (Å²) in [7, 11) is 0. The summed E-state index contributed by atoms with van der Waals surface area (Å²) in [5, 5.41) is 12.5. The van der Waals surface area contributed by atoms with Gasteiger partial charge in [-0.2, -0.15) is 5.26 Å². The van der Waals surface area contributed by atoms with E-state index >= 15 is 0 Å². The third-order valence-corrected chi connectivity index (χ3v) is 6.11. The van der Waals surface area contributed by atoms with Gasteiger partial charge in [-0.3, -0.25) is 14.5 Å². The second-order valence-corrected chi connectivity index (χ2v) is 8.45. The molecule has 0 saturated heterocycles. The molecule has 3 rings (SSSR count). The van der Waals surface area contributed by atoms with Crippen LogP contribution in [-0.4, -0.2) is 65.3 Å². The zero-order valence-corrected chi connectivity index (χ0v) is 19.5. The van der Waals surface area contributed by atoms with E-state index in [1.54, 1.807) is 23.1 Å². The maximum atomic E-state index is 13.4. The summed E-state index contributed by atoms with van der Waals surface area (Å²) in [5.74, 6) is -0.543. The van der Waals surface area contributed by atoms with Crippen molar-refractivity contribution in [3.8, 4) is 6.07 Å². The predicted octanol–water partition coefficient (Wildman–Crippen LogP) is 3.33. The van der Waals surface area contributed by atoms with Crippen LogP contribution in [0.1, 0.15) is 38.3 Å². The first kappa shape index (κ1) is 23.9. The van der Waals surface area contributed by atoms with Crippen LogP contribution in [0.5, 0.6) is 0 Å². The molecule has 4 amide bonds. The molecule has 170 valence electrons. The van der Waals surface area contributed by atoms with Crippen molar-refractivity contribution in [2.45, 2.75) is 32.7 Å². The van der Waals surface area contributed by atoms with Gasteiger partial charge in [-0.15, -0.1) is 0 Å². The summed E-state index contributed by atoms with van der Waals surface area (Å²) < 4.78 is 0. The van der Waals surface area contributed by atoms with Crippen LogP contribution >= 0.6 is 23.2 Å². The van der Waals surface area contributed by atoms with Crippen molar-refractivity contribution >= 4 is 41.0 Å². The number of carbonyl (C=O) groups excluding carboxylic acids is 3. The number of carbonyl (C=O) groups is 3. The van der Waals surface area contributed by atoms with Crippen LogP contribution in [0.3, 0.4) is 0 Å². The highest BCUT2D eigenvalue weighted by molar-refractivity contribution is 6.35. The first-order valence-corrected chi connectivity index (χ1v) is 11.3. The molecule has 0 radical (unpaired) electrons. The fourth-order valence-corrected chi connectivity index (χ4v) is 4.58. The lowest BCUT2D eigenvalue weighted by molar-refractivity contribution is -0.137. The molecule has 0 saturated carbocycles. The van der Waals surface area contributed by atoms with Crippen molar-refractivity contribution in [2.24, 2.45) is 0 Å². The van der Waals surface area contributed by atoms with E-state index in [9.17, 15) is 14.4 Å². The highest BCUT2D eigenvalue weighted by Gasteiger charge is 2.44. The average Bonchev–Trinajstić information content (AvgIpc) is 3.06. The van der Waals surface area contributed by atoms with Crippen molar-refractivity contribution in [1.29, 1.82) is 5.26 Å². The number of nitriles is 1. The Morgan fingerprint density at radius 3 is 2.66 bits per heavy atom. The van der Waals surface area contributed by atoms with Gasteiger partial charge in [0.1, 0.15) is 6.54 Å². The highest BCUT2D eigenvalue weighted by atomic mass is 35.5. The molecule has 2 aliphatic heterocycles.